The molecule has 3 aromatic rings. The van der Waals surface area contributed by atoms with Crippen molar-refractivity contribution in [3.8, 4) is 0 Å². The maximum atomic E-state index is 12.5. The third-order valence-electron chi connectivity index (χ3n) is 5.15. The predicted molar refractivity (Wildman–Crippen MR) is 124 cm³/mol. The van der Waals surface area contributed by atoms with Crippen LogP contribution < -0.4 is 10.2 Å². The number of imidazole rings is 1. The van der Waals surface area contributed by atoms with Gasteiger partial charge in [-0.15, -0.1) is 0 Å². The summed E-state index contributed by atoms with van der Waals surface area (Å²) in [5.41, 5.74) is 3.82. The molecule has 0 aliphatic carbocycles. The molecule has 0 bridgehead atoms. The average Bonchev–Trinajstić information content (AvgIpc) is 3.39. The molecule has 1 saturated heterocycles. The van der Waals surface area contributed by atoms with E-state index in [4.69, 9.17) is 16.3 Å². The highest BCUT2D eigenvalue weighted by atomic mass is 35.5. The van der Waals surface area contributed by atoms with Gasteiger partial charge in [0.1, 0.15) is 0 Å². The van der Waals surface area contributed by atoms with Gasteiger partial charge in [-0.25, -0.2) is 4.98 Å². The maximum absolute atomic E-state index is 12.5. The Bertz CT molecular complexity index is 1020. The number of nitrogens with one attached hydrogen (secondary N) is 1. The summed E-state index contributed by atoms with van der Waals surface area (Å²) in [6.07, 6.45) is 2.49. The number of carbonyl (C=O) groups is 1. The Hall–Kier alpha value is -2.22. The first-order valence-electron chi connectivity index (χ1n) is 10.1. The second-order valence-corrected chi connectivity index (χ2v) is 8.63. The van der Waals surface area contributed by atoms with Crippen molar-refractivity contribution in [2.24, 2.45) is 0 Å². The van der Waals surface area contributed by atoms with E-state index in [1.165, 1.54) is 30.3 Å². The van der Waals surface area contributed by atoms with Gasteiger partial charge in [0.15, 0.2) is 5.16 Å². The smallest absolute Gasteiger partial charge is 0.234 e. The van der Waals surface area contributed by atoms with Gasteiger partial charge in [0.25, 0.3) is 0 Å². The van der Waals surface area contributed by atoms with Gasteiger partial charge < -0.3 is 19.5 Å². The summed E-state index contributed by atoms with van der Waals surface area (Å²) in [6, 6.07) is 13.7. The Morgan fingerprint density at radius 2 is 1.97 bits per heavy atom. The molecular formula is C22H25ClN4O2S. The van der Waals surface area contributed by atoms with Crippen LogP contribution >= 0.6 is 23.4 Å². The lowest BCUT2D eigenvalue weighted by Crippen LogP contribution is -2.18. The molecule has 30 heavy (non-hydrogen) atoms. The Labute approximate surface area is 185 Å². The number of nitrogens with zero attached hydrogens (tertiary/aromatic N) is 3. The molecule has 2 aromatic carbocycles. The van der Waals surface area contributed by atoms with E-state index in [9.17, 15) is 4.79 Å². The van der Waals surface area contributed by atoms with Crippen molar-refractivity contribution in [2.45, 2.75) is 24.5 Å². The number of hydrogen-bond donors (Lipinski definition) is 1. The molecule has 1 amide bonds. The van der Waals surface area contributed by atoms with E-state index in [2.05, 4.69) is 31.9 Å². The Balaban J connectivity index is 1.40. The fourth-order valence-corrected chi connectivity index (χ4v) is 4.65. The first-order valence-corrected chi connectivity index (χ1v) is 11.4. The molecule has 0 unspecified atom stereocenters. The highest BCUT2D eigenvalue weighted by molar-refractivity contribution is 7.99. The van der Waals surface area contributed by atoms with Crippen molar-refractivity contribution in [3.63, 3.8) is 0 Å². The molecule has 1 aliphatic rings. The molecule has 1 aliphatic heterocycles. The molecule has 0 radical (unpaired) electrons. The normalized spacial score (nSPS) is 13.9. The van der Waals surface area contributed by atoms with E-state index in [-0.39, 0.29) is 11.7 Å². The highest BCUT2D eigenvalue weighted by Gasteiger charge is 2.15. The molecule has 158 valence electrons. The number of ether oxygens (including phenoxy) is 1. The third-order valence-corrected chi connectivity index (χ3v) is 6.36. The monoisotopic (exact) mass is 444 g/mol. The van der Waals surface area contributed by atoms with Gasteiger partial charge in [0.2, 0.25) is 5.91 Å². The van der Waals surface area contributed by atoms with Crippen LogP contribution in [0.25, 0.3) is 11.0 Å². The Morgan fingerprint density at radius 1 is 1.20 bits per heavy atom. The molecule has 4 rings (SSSR count). The SMILES string of the molecule is COCCn1c(SCC(=O)Nc2ccc(N3CCCC3)cc2)nc2cc(Cl)ccc21. The van der Waals surface area contributed by atoms with Crippen LogP contribution in [0.5, 0.6) is 0 Å². The molecule has 1 fully saturated rings. The molecule has 2 heterocycles. The van der Waals surface area contributed by atoms with E-state index in [1.807, 2.05) is 30.3 Å². The summed E-state index contributed by atoms with van der Waals surface area (Å²) >= 11 is 7.52. The van der Waals surface area contributed by atoms with E-state index < -0.39 is 0 Å². The molecule has 8 heteroatoms. The molecule has 0 saturated carbocycles. The van der Waals surface area contributed by atoms with Crippen molar-refractivity contribution in [3.05, 3.63) is 47.5 Å². The summed E-state index contributed by atoms with van der Waals surface area (Å²) in [5, 5.41) is 4.40. The topological polar surface area (TPSA) is 59.4 Å². The molecule has 0 atom stereocenters. The van der Waals surface area contributed by atoms with E-state index in [0.29, 0.717) is 18.2 Å². The number of halogens is 1. The van der Waals surface area contributed by atoms with Crippen LogP contribution in [0.3, 0.4) is 0 Å². The third kappa shape index (κ3) is 4.91. The summed E-state index contributed by atoms with van der Waals surface area (Å²) < 4.78 is 7.29. The average molecular weight is 445 g/mol. The predicted octanol–water partition coefficient (Wildman–Crippen LogP) is 4.67. The summed E-state index contributed by atoms with van der Waals surface area (Å²) in [4.78, 5) is 19.5. The van der Waals surface area contributed by atoms with Gasteiger partial charge in [-0.1, -0.05) is 23.4 Å². The van der Waals surface area contributed by atoms with Crippen molar-refractivity contribution < 1.29 is 9.53 Å². The molecule has 1 N–H and O–H groups in total. The molecule has 0 spiro atoms. The first kappa shape index (κ1) is 21.0. The number of methoxy groups -OCH3 is 1. The van der Waals surface area contributed by atoms with Gasteiger partial charge in [0.05, 0.1) is 23.4 Å². The standard InChI is InChI=1S/C22H25ClN4O2S/c1-29-13-12-27-20-9-4-16(23)14-19(20)25-22(27)30-15-21(28)24-17-5-7-18(8-6-17)26-10-2-3-11-26/h4-9,14H,2-3,10-13,15H2,1H3,(H,24,28). The van der Waals surface area contributed by atoms with Crippen LogP contribution in [0.4, 0.5) is 11.4 Å². The lowest BCUT2D eigenvalue weighted by Gasteiger charge is -2.17. The van der Waals surface area contributed by atoms with Crippen molar-refractivity contribution in [1.29, 1.82) is 0 Å². The van der Waals surface area contributed by atoms with Gasteiger partial charge in [0, 0.05) is 43.1 Å². The van der Waals surface area contributed by atoms with E-state index in [1.54, 1.807) is 7.11 Å². The maximum Gasteiger partial charge on any atom is 0.234 e. The number of carbonyl (C=O) groups excluding carboxylic acids is 1. The number of hydrogen-bond acceptors (Lipinski definition) is 5. The van der Waals surface area contributed by atoms with E-state index in [0.717, 1.165) is 35.0 Å². The van der Waals surface area contributed by atoms with Gasteiger partial charge in [-0.05, 0) is 55.3 Å². The number of rotatable bonds is 8. The zero-order chi connectivity index (χ0) is 20.9. The molecule has 1 aromatic heterocycles. The number of thioether (sulfide) groups is 1. The summed E-state index contributed by atoms with van der Waals surface area (Å²) in [5.74, 6) is 0.218. The fraction of sp³-hybridized carbons (Fsp3) is 0.364. The summed E-state index contributed by atoms with van der Waals surface area (Å²) in [7, 11) is 1.67. The van der Waals surface area contributed by atoms with Crippen LogP contribution in [-0.2, 0) is 16.1 Å². The quantitative estimate of drug-likeness (QED) is 0.512. The minimum Gasteiger partial charge on any atom is -0.383 e. The lowest BCUT2D eigenvalue weighted by molar-refractivity contribution is -0.113. The van der Waals surface area contributed by atoms with Crippen molar-refractivity contribution >= 4 is 51.7 Å². The van der Waals surface area contributed by atoms with Crippen LogP contribution in [-0.4, -0.2) is 48.0 Å². The number of anilines is 2. The first-order chi connectivity index (χ1) is 14.6. The van der Waals surface area contributed by atoms with Crippen molar-refractivity contribution in [1.82, 2.24) is 9.55 Å². The van der Waals surface area contributed by atoms with Gasteiger partial charge >= 0.3 is 0 Å². The molecular weight excluding hydrogens is 420 g/mol. The second-order valence-electron chi connectivity index (χ2n) is 7.25. The van der Waals surface area contributed by atoms with Crippen LogP contribution in [0.15, 0.2) is 47.6 Å². The van der Waals surface area contributed by atoms with Gasteiger partial charge in [-0.2, -0.15) is 0 Å². The summed E-state index contributed by atoms with van der Waals surface area (Å²) in [6.45, 7) is 3.45. The fourth-order valence-electron chi connectivity index (χ4n) is 3.65. The largest absolute Gasteiger partial charge is 0.383 e. The second kappa shape index (κ2) is 9.73. The molecule has 6 nitrogen and oxygen atoms in total. The van der Waals surface area contributed by atoms with E-state index >= 15 is 0 Å². The van der Waals surface area contributed by atoms with Crippen LogP contribution in [0.1, 0.15) is 12.8 Å². The number of fused-ring (bicyclic) bond motifs is 1. The number of benzene rings is 2. The zero-order valence-electron chi connectivity index (χ0n) is 16.9. The number of amides is 1. The van der Waals surface area contributed by atoms with Crippen molar-refractivity contribution in [2.75, 3.05) is 42.8 Å². The van der Waals surface area contributed by atoms with Crippen LogP contribution in [0, 0.1) is 0 Å². The lowest BCUT2D eigenvalue weighted by atomic mass is 10.2. The minimum absolute atomic E-state index is 0.0581. The number of aromatic nitrogens is 2. The zero-order valence-corrected chi connectivity index (χ0v) is 18.5. The Kier molecular flexibility index (Phi) is 6.82. The Morgan fingerprint density at radius 3 is 2.70 bits per heavy atom. The minimum atomic E-state index is -0.0581. The highest BCUT2D eigenvalue weighted by Crippen LogP contribution is 2.27. The van der Waals surface area contributed by atoms with Crippen LogP contribution in [0.2, 0.25) is 5.02 Å². The van der Waals surface area contributed by atoms with Gasteiger partial charge in [-0.3, -0.25) is 4.79 Å².